The van der Waals surface area contributed by atoms with Crippen molar-refractivity contribution in [1.29, 1.82) is 0 Å². The number of hydrogen-bond donors (Lipinski definition) is 1. The molecule has 0 aliphatic carbocycles. The smallest absolute Gasteiger partial charge is 0.368 e. The minimum atomic E-state index is -4.72. The van der Waals surface area contributed by atoms with Crippen molar-refractivity contribution in [2.24, 2.45) is 0 Å². The van der Waals surface area contributed by atoms with Crippen LogP contribution >= 0.6 is 11.8 Å². The third kappa shape index (κ3) is 3.25. The number of alkyl halides is 3. The van der Waals surface area contributed by atoms with Gasteiger partial charge in [0.2, 0.25) is 0 Å². The average Bonchev–Trinajstić information content (AvgIpc) is 2.56. The third-order valence-corrected chi connectivity index (χ3v) is 4.95. The molecule has 1 aliphatic rings. The molecule has 1 N–H and O–H groups in total. The number of rotatable bonds is 2. The molecule has 26 heavy (non-hydrogen) atoms. The summed E-state index contributed by atoms with van der Waals surface area (Å²) in [6.07, 6.45) is -4.27. The Balaban J connectivity index is 2.15. The second kappa shape index (κ2) is 6.70. The molecule has 1 aliphatic heterocycles. The zero-order chi connectivity index (χ0) is 19.2. The van der Waals surface area contributed by atoms with Crippen molar-refractivity contribution in [3.8, 4) is 0 Å². The summed E-state index contributed by atoms with van der Waals surface area (Å²) in [7, 11) is 0. The Morgan fingerprint density at radius 3 is 2.62 bits per heavy atom. The minimum absolute atomic E-state index is 0.0653. The van der Waals surface area contributed by atoms with Crippen molar-refractivity contribution in [3.05, 3.63) is 55.7 Å². The predicted octanol–water partition coefficient (Wildman–Crippen LogP) is 4.08. The van der Waals surface area contributed by atoms with Crippen LogP contribution in [0.2, 0.25) is 0 Å². The highest BCUT2D eigenvalue weighted by Gasteiger charge is 2.40. The van der Waals surface area contributed by atoms with E-state index in [0.29, 0.717) is 10.9 Å². The number of nitrogens with zero attached hydrogens (tertiary/aromatic N) is 1. The molecule has 1 aromatic heterocycles. The van der Waals surface area contributed by atoms with Crippen LogP contribution in [-0.2, 0) is 23.9 Å². The molecule has 140 valence electrons. The first-order valence-corrected chi connectivity index (χ1v) is 9.00. The third-order valence-electron chi connectivity index (χ3n) is 4.37. The van der Waals surface area contributed by atoms with Gasteiger partial charge in [0.25, 0.3) is 5.56 Å². The van der Waals surface area contributed by atoms with Crippen LogP contribution in [-0.4, -0.2) is 16.2 Å². The fourth-order valence-electron chi connectivity index (χ4n) is 3.21. The van der Waals surface area contributed by atoms with Crippen molar-refractivity contribution < 1.29 is 22.3 Å². The molecule has 3 rings (SSSR count). The molecule has 0 spiro atoms. The van der Waals surface area contributed by atoms with Gasteiger partial charge in [-0.25, -0.2) is 9.37 Å². The summed E-state index contributed by atoms with van der Waals surface area (Å²) in [6.45, 7) is 2.49. The Hall–Kier alpha value is -1.87. The minimum Gasteiger partial charge on any atom is -0.368 e. The number of fused-ring (bicyclic) bond motifs is 1. The van der Waals surface area contributed by atoms with E-state index in [1.807, 2.05) is 0 Å². The molecule has 0 bridgehead atoms. The van der Waals surface area contributed by atoms with E-state index in [1.165, 1.54) is 31.7 Å². The van der Waals surface area contributed by atoms with Gasteiger partial charge in [0.05, 0.1) is 29.5 Å². The first-order valence-electron chi connectivity index (χ1n) is 7.78. The monoisotopic (exact) mass is 388 g/mol. The number of ether oxygens (including phenoxy) is 1. The quantitative estimate of drug-likeness (QED) is 0.479. The van der Waals surface area contributed by atoms with Gasteiger partial charge in [-0.2, -0.15) is 13.2 Å². The summed E-state index contributed by atoms with van der Waals surface area (Å²) in [4.78, 5) is 18.9. The second-order valence-electron chi connectivity index (χ2n) is 6.12. The van der Waals surface area contributed by atoms with Crippen LogP contribution in [0.15, 0.2) is 16.0 Å². The number of benzene rings is 1. The van der Waals surface area contributed by atoms with Crippen molar-refractivity contribution in [3.63, 3.8) is 0 Å². The lowest BCUT2D eigenvalue weighted by Crippen LogP contribution is -2.28. The number of hydrogen-bond acceptors (Lipinski definition) is 4. The molecule has 2 heterocycles. The maximum Gasteiger partial charge on any atom is 0.417 e. The van der Waals surface area contributed by atoms with Crippen LogP contribution in [0.3, 0.4) is 0 Å². The highest BCUT2D eigenvalue weighted by molar-refractivity contribution is 7.98. The summed E-state index contributed by atoms with van der Waals surface area (Å²) in [5.74, 6) is -0.939. The number of halogens is 4. The van der Waals surface area contributed by atoms with E-state index in [9.17, 15) is 22.4 Å². The molecule has 4 nitrogen and oxygen atoms in total. The van der Waals surface area contributed by atoms with Crippen molar-refractivity contribution >= 4 is 11.8 Å². The molecule has 9 heteroatoms. The van der Waals surface area contributed by atoms with Gasteiger partial charge in [-0.1, -0.05) is 17.8 Å². The Morgan fingerprint density at radius 2 is 2.00 bits per heavy atom. The van der Waals surface area contributed by atoms with Crippen LogP contribution in [0.5, 0.6) is 0 Å². The fraction of sp³-hybridized carbons (Fsp3) is 0.412. The highest BCUT2D eigenvalue weighted by atomic mass is 32.2. The first kappa shape index (κ1) is 18.9. The van der Waals surface area contributed by atoms with Crippen molar-refractivity contribution in [1.82, 2.24) is 9.97 Å². The average molecular weight is 388 g/mol. The van der Waals surface area contributed by atoms with E-state index >= 15 is 0 Å². The maximum absolute atomic E-state index is 14.7. The van der Waals surface area contributed by atoms with Gasteiger partial charge in [0, 0.05) is 12.0 Å². The lowest BCUT2D eigenvalue weighted by Gasteiger charge is -2.28. The van der Waals surface area contributed by atoms with Crippen molar-refractivity contribution in [2.75, 3.05) is 6.26 Å². The van der Waals surface area contributed by atoms with Gasteiger partial charge in [-0.15, -0.1) is 0 Å². The molecule has 0 fully saturated rings. The van der Waals surface area contributed by atoms with Crippen LogP contribution in [0.1, 0.15) is 39.6 Å². The van der Waals surface area contributed by atoms with Crippen LogP contribution in [0, 0.1) is 19.7 Å². The molecule has 1 aromatic carbocycles. The van der Waals surface area contributed by atoms with Gasteiger partial charge in [0.15, 0.2) is 5.16 Å². The number of aromatic amines is 1. The summed E-state index contributed by atoms with van der Waals surface area (Å²) < 4.78 is 60.8. The fourth-order valence-corrected chi connectivity index (χ4v) is 3.61. The second-order valence-corrected chi connectivity index (χ2v) is 6.91. The first-order chi connectivity index (χ1) is 12.1. The summed E-state index contributed by atoms with van der Waals surface area (Å²) in [5, 5.41) is 0.353. The maximum atomic E-state index is 14.7. The Bertz CT molecular complexity index is 924. The molecule has 1 atom stereocenters. The molecule has 0 unspecified atom stereocenters. The molecule has 0 radical (unpaired) electrons. The number of H-pyrrole nitrogens is 1. The van der Waals surface area contributed by atoms with Gasteiger partial charge in [-0.3, -0.25) is 4.79 Å². The number of nitrogens with one attached hydrogen (secondary N) is 1. The number of thioether (sulfide) groups is 1. The SMILES string of the molecule is CSc1nc2c(c(=O)[nH]1)CO[C@@H](c1c(F)c(C)cc(C)c1C(F)(F)F)C2. The Morgan fingerprint density at radius 1 is 1.31 bits per heavy atom. The zero-order valence-corrected chi connectivity index (χ0v) is 15.1. The molecular weight excluding hydrogens is 372 g/mol. The van der Waals surface area contributed by atoms with Crippen LogP contribution in [0.25, 0.3) is 0 Å². The lowest BCUT2D eigenvalue weighted by atomic mass is 9.90. The Labute approximate surface area is 151 Å². The van der Waals surface area contributed by atoms with E-state index in [4.69, 9.17) is 4.74 Å². The lowest BCUT2D eigenvalue weighted by molar-refractivity contribution is -0.140. The number of aromatic nitrogens is 2. The largest absolute Gasteiger partial charge is 0.417 e. The molecule has 0 saturated heterocycles. The van der Waals surface area contributed by atoms with Crippen LogP contribution < -0.4 is 5.56 Å². The van der Waals surface area contributed by atoms with Gasteiger partial charge >= 0.3 is 6.18 Å². The van der Waals surface area contributed by atoms with E-state index in [2.05, 4.69) is 9.97 Å². The molecule has 2 aromatic rings. The predicted molar refractivity (Wildman–Crippen MR) is 88.7 cm³/mol. The van der Waals surface area contributed by atoms with E-state index in [0.717, 1.165) is 0 Å². The summed E-state index contributed by atoms with van der Waals surface area (Å²) in [6, 6.07) is 1.17. The molecule has 0 amide bonds. The molecular formula is C17H16F4N2O2S. The van der Waals surface area contributed by atoms with Gasteiger partial charge in [0.1, 0.15) is 5.82 Å². The van der Waals surface area contributed by atoms with Crippen molar-refractivity contribution in [2.45, 2.75) is 44.3 Å². The zero-order valence-electron chi connectivity index (χ0n) is 14.3. The summed E-state index contributed by atoms with van der Waals surface area (Å²) in [5.41, 5.74) is -1.29. The van der Waals surface area contributed by atoms with E-state index in [-0.39, 0.29) is 29.7 Å². The summed E-state index contributed by atoms with van der Waals surface area (Å²) >= 11 is 1.21. The standard InChI is InChI=1S/C17H16F4N2O2S/c1-7-4-8(2)14(18)12(13(7)17(19,20)21)11-5-10-9(6-25-11)15(24)23-16(22-10)26-3/h4,11H,5-6H2,1-3H3,(H,22,23,24)/t11-/m1/s1. The number of aryl methyl sites for hydroxylation is 2. The normalized spacial score (nSPS) is 17.3. The van der Waals surface area contributed by atoms with E-state index < -0.39 is 34.8 Å². The Kier molecular flexibility index (Phi) is 4.87. The van der Waals surface area contributed by atoms with Gasteiger partial charge < -0.3 is 9.72 Å². The van der Waals surface area contributed by atoms with Gasteiger partial charge in [-0.05, 0) is 31.2 Å². The highest BCUT2D eigenvalue weighted by Crippen LogP contribution is 2.42. The topological polar surface area (TPSA) is 55.0 Å². The molecule has 0 saturated carbocycles. The van der Waals surface area contributed by atoms with E-state index in [1.54, 1.807) is 6.26 Å². The van der Waals surface area contributed by atoms with Crippen LogP contribution in [0.4, 0.5) is 17.6 Å².